The van der Waals surface area contributed by atoms with Crippen LogP contribution in [0, 0.1) is 0 Å². The average Bonchev–Trinajstić information content (AvgIpc) is 2.82. The van der Waals surface area contributed by atoms with E-state index in [1.54, 1.807) is 0 Å². The first-order chi connectivity index (χ1) is 9.95. The van der Waals surface area contributed by atoms with Gasteiger partial charge in [0.2, 0.25) is 0 Å². The van der Waals surface area contributed by atoms with E-state index in [2.05, 4.69) is 20.6 Å². The lowest BCUT2D eigenvalue weighted by atomic mass is 10.2. The topological polar surface area (TPSA) is 110 Å². The van der Waals surface area contributed by atoms with Crippen molar-refractivity contribution in [3.05, 3.63) is 39.9 Å². The van der Waals surface area contributed by atoms with E-state index in [0.29, 0.717) is 5.69 Å². The zero-order valence-corrected chi connectivity index (χ0v) is 12.0. The molecule has 0 aliphatic carbocycles. The molecule has 0 unspecified atom stereocenters. The molecule has 0 aromatic carbocycles. The van der Waals surface area contributed by atoms with Crippen LogP contribution in [0.5, 0.6) is 0 Å². The van der Waals surface area contributed by atoms with Gasteiger partial charge in [0, 0.05) is 0 Å². The van der Waals surface area contributed by atoms with Crippen molar-refractivity contribution in [1.82, 2.24) is 25.3 Å². The van der Waals surface area contributed by atoms with E-state index in [9.17, 15) is 9.59 Å². The molecule has 0 bridgehead atoms. The lowest BCUT2D eigenvalue weighted by molar-refractivity contribution is -0.137. The van der Waals surface area contributed by atoms with E-state index < -0.39 is 11.9 Å². The summed E-state index contributed by atoms with van der Waals surface area (Å²) in [6, 6.07) is 2.90. The number of hydrogen-bond acceptors (Lipinski definition) is 5. The molecule has 2 N–H and O–H groups in total. The molecule has 0 saturated carbocycles. The number of pyridine rings is 1. The average molecular weight is 330 g/mol. The fourth-order valence-corrected chi connectivity index (χ4v) is 1.91. The number of aliphatic carboxylic acids is 1. The number of carbonyl (C=O) groups is 2. The molecule has 0 radical (unpaired) electrons. The maximum atomic E-state index is 11.9. The Morgan fingerprint density at radius 1 is 1.33 bits per heavy atom. The quantitative estimate of drug-likeness (QED) is 0.791. The van der Waals surface area contributed by atoms with Crippen molar-refractivity contribution in [2.24, 2.45) is 0 Å². The van der Waals surface area contributed by atoms with Gasteiger partial charge in [0.1, 0.15) is 22.5 Å². The van der Waals surface area contributed by atoms with Gasteiger partial charge in [-0.15, -0.1) is 5.10 Å². The fraction of sp³-hybridized carbons (Fsp3) is 0.182. The number of rotatable bonds is 5. The zero-order valence-electron chi connectivity index (χ0n) is 10.5. The maximum Gasteiger partial charge on any atom is 0.325 e. The minimum absolute atomic E-state index is 0.00506. The second-order valence-electron chi connectivity index (χ2n) is 3.96. The first-order valence-electron chi connectivity index (χ1n) is 5.67. The molecule has 0 atom stereocenters. The fourth-order valence-electron chi connectivity index (χ4n) is 1.48. The number of amides is 1. The van der Waals surface area contributed by atoms with Crippen LogP contribution in [-0.2, 0) is 17.9 Å². The first-order valence-corrected chi connectivity index (χ1v) is 6.42. The van der Waals surface area contributed by atoms with Gasteiger partial charge in [-0.1, -0.05) is 28.4 Å². The van der Waals surface area contributed by atoms with Crippen LogP contribution in [0.2, 0.25) is 10.3 Å². The predicted octanol–water partition coefficient (Wildman–Crippen LogP) is 0.995. The monoisotopic (exact) mass is 329 g/mol. The standard InChI is InChI=1S/C11H9Cl2N5O3/c12-8-2-1-7(10(13)15-8)11(21)14-3-6-4-18(17-16-6)5-9(19)20/h1-2,4H,3,5H2,(H,14,21)(H,19,20). The Hall–Kier alpha value is -2.19. The molecular formula is C11H9Cl2N5O3. The molecule has 0 saturated heterocycles. The summed E-state index contributed by atoms with van der Waals surface area (Å²) in [6.45, 7) is -0.217. The lowest BCUT2D eigenvalue weighted by Crippen LogP contribution is -2.23. The van der Waals surface area contributed by atoms with Gasteiger partial charge in [0.25, 0.3) is 5.91 Å². The van der Waals surface area contributed by atoms with E-state index in [-0.39, 0.29) is 29.0 Å². The number of aromatic nitrogens is 4. The summed E-state index contributed by atoms with van der Waals surface area (Å²) in [5.74, 6) is -1.48. The molecule has 1 amide bonds. The number of halogens is 2. The zero-order chi connectivity index (χ0) is 15.4. The molecule has 2 rings (SSSR count). The van der Waals surface area contributed by atoms with Gasteiger partial charge in [0.15, 0.2) is 0 Å². The van der Waals surface area contributed by atoms with Crippen molar-refractivity contribution in [2.75, 3.05) is 0 Å². The molecule has 110 valence electrons. The van der Waals surface area contributed by atoms with Gasteiger partial charge in [-0.25, -0.2) is 9.67 Å². The number of carboxylic acid groups (broad SMARTS) is 1. The molecule has 0 aliphatic rings. The van der Waals surface area contributed by atoms with Crippen molar-refractivity contribution in [2.45, 2.75) is 13.1 Å². The van der Waals surface area contributed by atoms with Gasteiger partial charge in [0.05, 0.1) is 18.3 Å². The Balaban J connectivity index is 1.97. The van der Waals surface area contributed by atoms with Gasteiger partial charge in [-0.05, 0) is 12.1 Å². The molecule has 0 aliphatic heterocycles. The largest absolute Gasteiger partial charge is 0.480 e. The van der Waals surface area contributed by atoms with Gasteiger partial charge < -0.3 is 10.4 Å². The van der Waals surface area contributed by atoms with Crippen LogP contribution in [0.15, 0.2) is 18.3 Å². The number of hydrogen-bond donors (Lipinski definition) is 2. The first kappa shape index (κ1) is 15.2. The van der Waals surface area contributed by atoms with E-state index in [1.807, 2.05) is 0 Å². The summed E-state index contributed by atoms with van der Waals surface area (Å²) in [4.78, 5) is 26.2. The molecule has 8 nitrogen and oxygen atoms in total. The van der Waals surface area contributed by atoms with Crippen LogP contribution in [-0.4, -0.2) is 37.0 Å². The molecule has 10 heteroatoms. The maximum absolute atomic E-state index is 11.9. The predicted molar refractivity (Wildman–Crippen MR) is 73.1 cm³/mol. The third-order valence-electron chi connectivity index (χ3n) is 2.37. The van der Waals surface area contributed by atoms with Gasteiger partial charge in [-0.2, -0.15) is 0 Å². The molecule has 0 fully saturated rings. The summed E-state index contributed by atoms with van der Waals surface area (Å²) in [7, 11) is 0. The second kappa shape index (κ2) is 6.51. The van der Waals surface area contributed by atoms with Crippen LogP contribution < -0.4 is 5.32 Å². The molecule has 2 aromatic rings. The second-order valence-corrected chi connectivity index (χ2v) is 4.70. The Kier molecular flexibility index (Phi) is 4.71. The van der Waals surface area contributed by atoms with Gasteiger partial charge >= 0.3 is 5.97 Å². The smallest absolute Gasteiger partial charge is 0.325 e. The van der Waals surface area contributed by atoms with Crippen molar-refractivity contribution in [3.8, 4) is 0 Å². The summed E-state index contributed by atoms with van der Waals surface area (Å²) < 4.78 is 1.15. The summed E-state index contributed by atoms with van der Waals surface area (Å²) in [6.07, 6.45) is 1.43. The SMILES string of the molecule is O=C(O)Cn1cc(CNC(=O)c2ccc(Cl)nc2Cl)nn1. The highest BCUT2D eigenvalue weighted by molar-refractivity contribution is 6.34. The van der Waals surface area contributed by atoms with Gasteiger partial charge in [-0.3, -0.25) is 9.59 Å². The summed E-state index contributed by atoms with van der Waals surface area (Å²) >= 11 is 11.5. The van der Waals surface area contributed by atoms with E-state index in [0.717, 1.165) is 4.68 Å². The van der Waals surface area contributed by atoms with Crippen LogP contribution in [0.1, 0.15) is 16.1 Å². The molecule has 2 aromatic heterocycles. The normalized spacial score (nSPS) is 10.4. The highest BCUT2D eigenvalue weighted by Gasteiger charge is 2.12. The van der Waals surface area contributed by atoms with E-state index in [4.69, 9.17) is 28.3 Å². The Labute approximate surface area is 128 Å². The summed E-state index contributed by atoms with van der Waals surface area (Å²) in [5, 5.41) is 18.7. The molecule has 0 spiro atoms. The van der Waals surface area contributed by atoms with Crippen molar-refractivity contribution in [1.29, 1.82) is 0 Å². The number of carbonyl (C=O) groups excluding carboxylic acids is 1. The number of nitrogens with one attached hydrogen (secondary N) is 1. The van der Waals surface area contributed by atoms with Crippen LogP contribution in [0.3, 0.4) is 0 Å². The molecule has 2 heterocycles. The molecular weight excluding hydrogens is 321 g/mol. The van der Waals surface area contributed by atoms with Crippen LogP contribution >= 0.6 is 23.2 Å². The van der Waals surface area contributed by atoms with Crippen molar-refractivity contribution < 1.29 is 14.7 Å². The van der Waals surface area contributed by atoms with Crippen LogP contribution in [0.25, 0.3) is 0 Å². The lowest BCUT2D eigenvalue weighted by Gasteiger charge is -2.04. The minimum atomic E-state index is -1.03. The molecule has 21 heavy (non-hydrogen) atoms. The third-order valence-corrected chi connectivity index (χ3v) is 2.87. The van der Waals surface area contributed by atoms with Crippen molar-refractivity contribution >= 4 is 35.1 Å². The number of nitrogens with zero attached hydrogens (tertiary/aromatic N) is 4. The highest BCUT2D eigenvalue weighted by Crippen LogP contribution is 2.16. The van der Waals surface area contributed by atoms with E-state index >= 15 is 0 Å². The Morgan fingerprint density at radius 3 is 2.76 bits per heavy atom. The Morgan fingerprint density at radius 2 is 2.10 bits per heavy atom. The minimum Gasteiger partial charge on any atom is -0.480 e. The summed E-state index contributed by atoms with van der Waals surface area (Å²) in [5.41, 5.74) is 0.599. The third kappa shape index (κ3) is 4.14. The van der Waals surface area contributed by atoms with Crippen LogP contribution in [0.4, 0.5) is 0 Å². The Bertz CT molecular complexity index is 688. The highest BCUT2D eigenvalue weighted by atomic mass is 35.5. The van der Waals surface area contributed by atoms with E-state index in [1.165, 1.54) is 18.3 Å². The van der Waals surface area contributed by atoms with Crippen molar-refractivity contribution in [3.63, 3.8) is 0 Å². The number of carboxylic acids is 1.